The highest BCUT2D eigenvalue weighted by molar-refractivity contribution is 5.87. The Bertz CT molecular complexity index is 394. The summed E-state index contributed by atoms with van der Waals surface area (Å²) >= 11 is 0. The normalized spacial score (nSPS) is 12.4. The second kappa shape index (κ2) is 4.06. The SMILES string of the molecule is CC(O)Cn1cc(C(=O)O)ccc1=O. The zero-order valence-electron chi connectivity index (χ0n) is 7.67. The molecule has 5 heteroatoms. The van der Waals surface area contributed by atoms with Crippen molar-refractivity contribution in [1.82, 2.24) is 4.57 Å². The molecule has 0 saturated heterocycles. The lowest BCUT2D eigenvalue weighted by atomic mass is 10.3. The fourth-order valence-corrected chi connectivity index (χ4v) is 1.09. The molecule has 1 heterocycles. The van der Waals surface area contributed by atoms with Crippen LogP contribution in [0.5, 0.6) is 0 Å². The van der Waals surface area contributed by atoms with Crippen LogP contribution in [0.1, 0.15) is 17.3 Å². The van der Waals surface area contributed by atoms with Gasteiger partial charge in [0, 0.05) is 12.3 Å². The number of aromatic nitrogens is 1. The number of aliphatic hydroxyl groups is 1. The van der Waals surface area contributed by atoms with E-state index in [4.69, 9.17) is 10.2 Å². The number of carboxylic acids is 1. The van der Waals surface area contributed by atoms with E-state index in [2.05, 4.69) is 0 Å². The number of hydrogen-bond acceptors (Lipinski definition) is 3. The lowest BCUT2D eigenvalue weighted by molar-refractivity contribution is 0.0695. The van der Waals surface area contributed by atoms with Gasteiger partial charge in [-0.3, -0.25) is 4.79 Å². The molecule has 76 valence electrons. The van der Waals surface area contributed by atoms with Crippen molar-refractivity contribution in [2.75, 3.05) is 0 Å². The average molecular weight is 197 g/mol. The van der Waals surface area contributed by atoms with Crippen LogP contribution in [0.4, 0.5) is 0 Å². The largest absolute Gasteiger partial charge is 0.478 e. The summed E-state index contributed by atoms with van der Waals surface area (Å²) < 4.78 is 1.17. The van der Waals surface area contributed by atoms with Crippen molar-refractivity contribution in [3.8, 4) is 0 Å². The summed E-state index contributed by atoms with van der Waals surface area (Å²) in [6.45, 7) is 1.62. The third-order valence-electron chi connectivity index (χ3n) is 1.69. The van der Waals surface area contributed by atoms with Gasteiger partial charge in [-0.25, -0.2) is 4.79 Å². The van der Waals surface area contributed by atoms with Gasteiger partial charge in [-0.05, 0) is 13.0 Å². The van der Waals surface area contributed by atoms with Crippen molar-refractivity contribution < 1.29 is 15.0 Å². The molecular weight excluding hydrogens is 186 g/mol. The fourth-order valence-electron chi connectivity index (χ4n) is 1.09. The van der Waals surface area contributed by atoms with Crippen LogP contribution in [-0.4, -0.2) is 26.9 Å². The summed E-state index contributed by atoms with van der Waals surface area (Å²) in [5.41, 5.74) is -0.291. The first-order valence-corrected chi connectivity index (χ1v) is 4.12. The van der Waals surface area contributed by atoms with Gasteiger partial charge in [0.1, 0.15) is 0 Å². The van der Waals surface area contributed by atoms with Gasteiger partial charge in [0.25, 0.3) is 5.56 Å². The third kappa shape index (κ3) is 2.43. The number of carboxylic acid groups (broad SMARTS) is 1. The fraction of sp³-hybridized carbons (Fsp3) is 0.333. The van der Waals surface area contributed by atoms with Crippen molar-refractivity contribution in [1.29, 1.82) is 0 Å². The summed E-state index contributed by atoms with van der Waals surface area (Å²) in [5.74, 6) is -1.09. The monoisotopic (exact) mass is 197 g/mol. The highest BCUT2D eigenvalue weighted by atomic mass is 16.4. The van der Waals surface area contributed by atoms with Gasteiger partial charge in [-0.2, -0.15) is 0 Å². The molecule has 1 unspecified atom stereocenters. The van der Waals surface area contributed by atoms with E-state index in [1.807, 2.05) is 0 Å². The van der Waals surface area contributed by atoms with E-state index in [0.29, 0.717) is 0 Å². The quantitative estimate of drug-likeness (QED) is 0.710. The van der Waals surface area contributed by atoms with E-state index < -0.39 is 12.1 Å². The molecule has 0 aliphatic heterocycles. The smallest absolute Gasteiger partial charge is 0.337 e. The summed E-state index contributed by atoms with van der Waals surface area (Å²) in [5, 5.41) is 17.7. The van der Waals surface area contributed by atoms with Crippen LogP contribution in [-0.2, 0) is 6.54 Å². The van der Waals surface area contributed by atoms with E-state index in [1.165, 1.54) is 29.8 Å². The molecule has 0 spiro atoms. The van der Waals surface area contributed by atoms with Crippen LogP contribution in [0.2, 0.25) is 0 Å². The number of nitrogens with zero attached hydrogens (tertiary/aromatic N) is 1. The van der Waals surface area contributed by atoms with Crippen LogP contribution >= 0.6 is 0 Å². The zero-order chi connectivity index (χ0) is 10.7. The lowest BCUT2D eigenvalue weighted by Crippen LogP contribution is -2.25. The van der Waals surface area contributed by atoms with E-state index in [9.17, 15) is 9.59 Å². The number of aliphatic hydroxyl groups excluding tert-OH is 1. The minimum atomic E-state index is -1.09. The van der Waals surface area contributed by atoms with Crippen LogP contribution in [0.3, 0.4) is 0 Å². The molecule has 1 aromatic heterocycles. The molecule has 0 bridgehead atoms. The van der Waals surface area contributed by atoms with Crippen molar-refractivity contribution >= 4 is 5.97 Å². The Kier molecular flexibility index (Phi) is 3.03. The standard InChI is InChI=1S/C9H11NO4/c1-6(11)4-10-5-7(9(13)14)2-3-8(10)12/h2-3,5-6,11H,4H2,1H3,(H,13,14). The molecule has 0 aliphatic carbocycles. The van der Waals surface area contributed by atoms with Gasteiger partial charge in [0.2, 0.25) is 0 Å². The van der Waals surface area contributed by atoms with E-state index in [1.54, 1.807) is 0 Å². The molecule has 0 aliphatic rings. The van der Waals surface area contributed by atoms with Crippen LogP contribution in [0.25, 0.3) is 0 Å². The second-order valence-corrected chi connectivity index (χ2v) is 3.06. The maximum Gasteiger partial charge on any atom is 0.337 e. The van der Waals surface area contributed by atoms with Crippen molar-refractivity contribution in [2.45, 2.75) is 19.6 Å². The van der Waals surface area contributed by atoms with Crippen molar-refractivity contribution in [3.63, 3.8) is 0 Å². The molecule has 2 N–H and O–H groups in total. The summed E-state index contributed by atoms with van der Waals surface area (Å²) in [4.78, 5) is 21.8. The molecule has 0 aromatic carbocycles. The molecule has 0 radical (unpaired) electrons. The molecule has 1 atom stereocenters. The van der Waals surface area contributed by atoms with Gasteiger partial charge < -0.3 is 14.8 Å². The van der Waals surface area contributed by atoms with Gasteiger partial charge in [0.15, 0.2) is 0 Å². The predicted octanol–water partition coefficient (Wildman–Crippen LogP) is -0.0727. The number of carbonyl (C=O) groups is 1. The van der Waals surface area contributed by atoms with Crippen LogP contribution in [0, 0.1) is 0 Å². The Hall–Kier alpha value is -1.62. The highest BCUT2D eigenvalue weighted by Gasteiger charge is 2.06. The maximum atomic E-state index is 11.2. The average Bonchev–Trinajstić information content (AvgIpc) is 2.07. The molecule has 0 fully saturated rings. The van der Waals surface area contributed by atoms with E-state index >= 15 is 0 Å². The summed E-state index contributed by atoms with van der Waals surface area (Å²) in [6.07, 6.45) is 0.536. The number of hydrogen-bond donors (Lipinski definition) is 2. The highest BCUT2D eigenvalue weighted by Crippen LogP contribution is 1.96. The van der Waals surface area contributed by atoms with E-state index in [-0.39, 0.29) is 17.7 Å². The predicted molar refractivity (Wildman–Crippen MR) is 49.3 cm³/mol. The number of aromatic carboxylic acids is 1. The van der Waals surface area contributed by atoms with Crippen LogP contribution in [0.15, 0.2) is 23.1 Å². The Labute approximate surface area is 80.2 Å². The van der Waals surface area contributed by atoms with Crippen molar-refractivity contribution in [2.24, 2.45) is 0 Å². The topological polar surface area (TPSA) is 79.5 Å². The Balaban J connectivity index is 3.08. The zero-order valence-corrected chi connectivity index (χ0v) is 7.67. The van der Waals surface area contributed by atoms with E-state index in [0.717, 1.165) is 0 Å². The first kappa shape index (κ1) is 10.5. The minimum absolute atomic E-state index is 0.0326. The van der Waals surface area contributed by atoms with Gasteiger partial charge in [0.05, 0.1) is 18.2 Å². The molecule has 0 saturated carbocycles. The van der Waals surface area contributed by atoms with Crippen LogP contribution < -0.4 is 5.56 Å². The lowest BCUT2D eigenvalue weighted by Gasteiger charge is -2.07. The molecule has 1 rings (SSSR count). The van der Waals surface area contributed by atoms with Gasteiger partial charge in [-0.1, -0.05) is 0 Å². The molecule has 5 nitrogen and oxygen atoms in total. The molecule has 0 amide bonds. The van der Waals surface area contributed by atoms with Crippen molar-refractivity contribution in [3.05, 3.63) is 34.2 Å². The number of rotatable bonds is 3. The minimum Gasteiger partial charge on any atom is -0.478 e. The summed E-state index contributed by atoms with van der Waals surface area (Å²) in [7, 11) is 0. The first-order chi connectivity index (χ1) is 6.50. The van der Waals surface area contributed by atoms with Gasteiger partial charge in [-0.15, -0.1) is 0 Å². The molecule has 1 aromatic rings. The van der Waals surface area contributed by atoms with Gasteiger partial charge >= 0.3 is 5.97 Å². The maximum absolute atomic E-state index is 11.2. The molecular formula is C9H11NO4. The first-order valence-electron chi connectivity index (χ1n) is 4.12. The Morgan fingerprint density at radius 1 is 1.57 bits per heavy atom. The molecule has 14 heavy (non-hydrogen) atoms. The Morgan fingerprint density at radius 3 is 2.71 bits per heavy atom. The summed E-state index contributed by atoms with van der Waals surface area (Å²) in [6, 6.07) is 2.41. The Morgan fingerprint density at radius 2 is 2.21 bits per heavy atom. The second-order valence-electron chi connectivity index (χ2n) is 3.06. The third-order valence-corrected chi connectivity index (χ3v) is 1.69. The number of pyridine rings is 1.